The second-order valence-corrected chi connectivity index (χ2v) is 4.79. The van der Waals surface area contributed by atoms with Gasteiger partial charge in [-0.1, -0.05) is 0 Å². The molecule has 0 bridgehead atoms. The van der Waals surface area contributed by atoms with Crippen LogP contribution < -0.4 is 10.1 Å². The summed E-state index contributed by atoms with van der Waals surface area (Å²) in [5, 5.41) is 5.16. The van der Waals surface area contributed by atoms with Crippen LogP contribution in [0.15, 0.2) is 11.4 Å². The van der Waals surface area contributed by atoms with E-state index in [9.17, 15) is 4.79 Å². The first-order chi connectivity index (χ1) is 7.74. The van der Waals surface area contributed by atoms with Crippen LogP contribution in [0.1, 0.15) is 16.6 Å². The van der Waals surface area contributed by atoms with E-state index in [2.05, 4.69) is 12.2 Å². The molecular formula is C11H17ClN2O2S. The minimum atomic E-state index is 0. The van der Waals surface area contributed by atoms with E-state index in [0.29, 0.717) is 10.6 Å². The molecule has 2 heterocycles. The van der Waals surface area contributed by atoms with Gasteiger partial charge in [-0.15, -0.1) is 23.7 Å². The van der Waals surface area contributed by atoms with Crippen LogP contribution in [0, 0.1) is 0 Å². The summed E-state index contributed by atoms with van der Waals surface area (Å²) in [5.74, 6) is 0.765. The predicted molar refractivity (Wildman–Crippen MR) is 71.5 cm³/mol. The molecule has 1 aromatic heterocycles. The number of piperazine rings is 1. The predicted octanol–water partition coefficient (Wildman–Crippen LogP) is 1.61. The summed E-state index contributed by atoms with van der Waals surface area (Å²) in [6.07, 6.45) is 0. The lowest BCUT2D eigenvalue weighted by molar-refractivity contribution is 0.0658. The summed E-state index contributed by atoms with van der Waals surface area (Å²) >= 11 is 1.44. The number of rotatable bonds is 2. The largest absolute Gasteiger partial charge is 0.495 e. The Hall–Kier alpha value is -0.780. The Morgan fingerprint density at radius 1 is 1.65 bits per heavy atom. The van der Waals surface area contributed by atoms with Crippen molar-refractivity contribution in [3.05, 3.63) is 16.3 Å². The second-order valence-electron chi connectivity index (χ2n) is 3.87. The van der Waals surface area contributed by atoms with Gasteiger partial charge in [-0.25, -0.2) is 0 Å². The number of carbonyl (C=O) groups is 1. The smallest absolute Gasteiger partial charge is 0.268 e. The van der Waals surface area contributed by atoms with Gasteiger partial charge in [0.2, 0.25) is 0 Å². The molecule has 96 valence electrons. The average molecular weight is 277 g/mol. The zero-order valence-electron chi connectivity index (χ0n) is 9.93. The van der Waals surface area contributed by atoms with Crippen LogP contribution in [0.4, 0.5) is 0 Å². The zero-order valence-corrected chi connectivity index (χ0v) is 11.6. The molecule has 1 atom stereocenters. The van der Waals surface area contributed by atoms with E-state index in [1.54, 1.807) is 7.11 Å². The normalized spacial score (nSPS) is 19.6. The van der Waals surface area contributed by atoms with Gasteiger partial charge in [-0.2, -0.15) is 0 Å². The number of thiophene rings is 1. The Labute approximate surface area is 111 Å². The van der Waals surface area contributed by atoms with Gasteiger partial charge in [0, 0.05) is 25.7 Å². The molecule has 1 fully saturated rings. The Balaban J connectivity index is 0.00000144. The lowest BCUT2D eigenvalue weighted by Crippen LogP contribution is -2.52. The minimum Gasteiger partial charge on any atom is -0.495 e. The first-order valence-electron chi connectivity index (χ1n) is 5.37. The third kappa shape index (κ3) is 2.91. The van der Waals surface area contributed by atoms with Crippen LogP contribution in [0.3, 0.4) is 0 Å². The fourth-order valence-corrected chi connectivity index (χ4v) is 2.70. The third-order valence-electron chi connectivity index (χ3n) is 2.81. The monoisotopic (exact) mass is 276 g/mol. The summed E-state index contributed by atoms with van der Waals surface area (Å²) in [6, 6.07) is 2.08. The summed E-state index contributed by atoms with van der Waals surface area (Å²) in [7, 11) is 1.60. The highest BCUT2D eigenvalue weighted by Crippen LogP contribution is 2.26. The van der Waals surface area contributed by atoms with E-state index in [1.807, 2.05) is 16.3 Å². The quantitative estimate of drug-likeness (QED) is 0.892. The van der Waals surface area contributed by atoms with Gasteiger partial charge in [0.15, 0.2) is 0 Å². The minimum absolute atomic E-state index is 0. The average Bonchev–Trinajstić information content (AvgIpc) is 2.77. The van der Waals surface area contributed by atoms with Gasteiger partial charge >= 0.3 is 0 Å². The number of carbonyl (C=O) groups excluding carboxylic acids is 1. The van der Waals surface area contributed by atoms with Crippen LogP contribution in [-0.2, 0) is 0 Å². The molecule has 1 saturated heterocycles. The number of nitrogens with one attached hydrogen (secondary N) is 1. The van der Waals surface area contributed by atoms with Crippen molar-refractivity contribution < 1.29 is 9.53 Å². The van der Waals surface area contributed by atoms with E-state index < -0.39 is 0 Å². The molecule has 0 spiro atoms. The van der Waals surface area contributed by atoms with E-state index in [1.165, 1.54) is 11.3 Å². The summed E-state index contributed by atoms with van der Waals surface area (Å²) in [5.41, 5.74) is 0. The standard InChI is InChI=1S/C11H16N2O2S.ClH/c1-8-7-12-4-5-13(8)11(14)10-9(15-2)3-6-16-10;/h3,6,8,12H,4-5,7H2,1-2H3;1H/t8-;/m0./s1. The molecule has 1 aliphatic rings. The molecule has 0 aromatic carbocycles. The Morgan fingerprint density at radius 3 is 3.06 bits per heavy atom. The first-order valence-corrected chi connectivity index (χ1v) is 6.25. The topological polar surface area (TPSA) is 41.6 Å². The molecule has 1 aliphatic heterocycles. The van der Waals surface area contributed by atoms with Crippen molar-refractivity contribution in [3.8, 4) is 5.75 Å². The van der Waals surface area contributed by atoms with Crippen molar-refractivity contribution in [1.29, 1.82) is 0 Å². The molecule has 0 unspecified atom stereocenters. The van der Waals surface area contributed by atoms with E-state index >= 15 is 0 Å². The lowest BCUT2D eigenvalue weighted by atomic mass is 10.2. The summed E-state index contributed by atoms with van der Waals surface area (Å²) in [6.45, 7) is 4.55. The molecule has 0 aliphatic carbocycles. The molecule has 1 amide bonds. The zero-order chi connectivity index (χ0) is 11.5. The van der Waals surface area contributed by atoms with Gasteiger partial charge in [0.25, 0.3) is 5.91 Å². The Morgan fingerprint density at radius 2 is 2.41 bits per heavy atom. The van der Waals surface area contributed by atoms with Crippen molar-refractivity contribution >= 4 is 29.7 Å². The van der Waals surface area contributed by atoms with Crippen molar-refractivity contribution in [2.75, 3.05) is 26.7 Å². The number of nitrogens with zero attached hydrogens (tertiary/aromatic N) is 1. The fraction of sp³-hybridized carbons (Fsp3) is 0.545. The fourth-order valence-electron chi connectivity index (χ4n) is 1.89. The van der Waals surface area contributed by atoms with E-state index in [4.69, 9.17) is 4.74 Å². The van der Waals surface area contributed by atoms with Crippen LogP contribution in [0.5, 0.6) is 5.75 Å². The highest BCUT2D eigenvalue weighted by Gasteiger charge is 2.26. The SMILES string of the molecule is COc1ccsc1C(=O)N1CCNC[C@@H]1C.Cl. The molecule has 4 nitrogen and oxygen atoms in total. The van der Waals surface area contributed by atoms with Crippen molar-refractivity contribution in [3.63, 3.8) is 0 Å². The number of hydrogen-bond acceptors (Lipinski definition) is 4. The van der Waals surface area contributed by atoms with Gasteiger partial charge in [-0.05, 0) is 18.4 Å². The van der Waals surface area contributed by atoms with Crippen LogP contribution in [-0.4, -0.2) is 43.6 Å². The van der Waals surface area contributed by atoms with E-state index in [0.717, 1.165) is 19.6 Å². The molecule has 0 saturated carbocycles. The van der Waals surface area contributed by atoms with Crippen LogP contribution in [0.2, 0.25) is 0 Å². The first kappa shape index (κ1) is 14.3. The van der Waals surface area contributed by atoms with Gasteiger partial charge in [0.1, 0.15) is 10.6 Å². The van der Waals surface area contributed by atoms with Crippen LogP contribution in [0.25, 0.3) is 0 Å². The maximum atomic E-state index is 12.3. The molecule has 17 heavy (non-hydrogen) atoms. The highest BCUT2D eigenvalue weighted by molar-refractivity contribution is 7.12. The van der Waals surface area contributed by atoms with Gasteiger partial charge in [-0.3, -0.25) is 4.79 Å². The van der Waals surface area contributed by atoms with Gasteiger partial charge in [0.05, 0.1) is 7.11 Å². The molecule has 1 aromatic rings. The van der Waals surface area contributed by atoms with Gasteiger partial charge < -0.3 is 15.0 Å². The van der Waals surface area contributed by atoms with Crippen molar-refractivity contribution in [2.45, 2.75) is 13.0 Å². The lowest BCUT2D eigenvalue weighted by Gasteiger charge is -2.33. The number of ether oxygens (including phenoxy) is 1. The number of hydrogen-bond donors (Lipinski definition) is 1. The van der Waals surface area contributed by atoms with Crippen molar-refractivity contribution in [2.24, 2.45) is 0 Å². The number of amides is 1. The number of methoxy groups -OCH3 is 1. The Kier molecular flexibility index (Phi) is 5.24. The third-order valence-corrected chi connectivity index (χ3v) is 3.69. The van der Waals surface area contributed by atoms with E-state index in [-0.39, 0.29) is 24.4 Å². The summed E-state index contributed by atoms with van der Waals surface area (Å²) in [4.78, 5) is 14.9. The highest BCUT2D eigenvalue weighted by atomic mass is 35.5. The molecule has 1 N–H and O–H groups in total. The molecular weight excluding hydrogens is 260 g/mol. The molecule has 6 heteroatoms. The maximum Gasteiger partial charge on any atom is 0.268 e. The molecule has 2 rings (SSSR count). The number of halogens is 1. The molecule has 0 radical (unpaired) electrons. The maximum absolute atomic E-state index is 12.3. The second kappa shape index (κ2) is 6.23. The summed E-state index contributed by atoms with van der Waals surface area (Å²) < 4.78 is 5.18. The van der Waals surface area contributed by atoms with Crippen molar-refractivity contribution in [1.82, 2.24) is 10.2 Å². The Bertz CT molecular complexity index is 383. The van der Waals surface area contributed by atoms with Crippen LogP contribution >= 0.6 is 23.7 Å².